The van der Waals surface area contributed by atoms with Gasteiger partial charge in [-0.15, -0.1) is 0 Å². The Balaban J connectivity index is 1.97. The normalized spacial score (nSPS) is 11.0. The molecule has 0 radical (unpaired) electrons. The summed E-state index contributed by atoms with van der Waals surface area (Å²) in [5, 5.41) is 13.6. The number of carbonyl (C=O) groups is 1. The molecule has 0 aliphatic heterocycles. The van der Waals surface area contributed by atoms with Gasteiger partial charge >= 0.3 is 5.69 Å². The number of benzene rings is 3. The van der Waals surface area contributed by atoms with Crippen LogP contribution in [0.2, 0.25) is 0 Å². The van der Waals surface area contributed by atoms with Crippen LogP contribution in [0.5, 0.6) is 5.75 Å². The lowest BCUT2D eigenvalue weighted by atomic mass is 10.1. The number of anilines is 2. The third-order valence-electron chi connectivity index (χ3n) is 4.25. The van der Waals surface area contributed by atoms with Crippen LogP contribution in [0.1, 0.15) is 10.4 Å². The number of nitro groups is 1. The fraction of sp³-hybridized carbons (Fsp3) is 0.0500. The first-order chi connectivity index (χ1) is 15.1. The molecule has 3 rings (SSSR count). The molecule has 3 aromatic rings. The highest BCUT2D eigenvalue weighted by Gasteiger charge is 2.24. The number of nitrogens with one attached hydrogen (secondary N) is 2. The highest BCUT2D eigenvalue weighted by atomic mass is 79.9. The second-order valence-electron chi connectivity index (χ2n) is 6.32. The first-order valence-corrected chi connectivity index (χ1v) is 11.1. The van der Waals surface area contributed by atoms with Crippen LogP contribution in [0.25, 0.3) is 0 Å². The Hall–Kier alpha value is -3.51. The Kier molecular flexibility index (Phi) is 6.75. The molecule has 32 heavy (non-hydrogen) atoms. The molecule has 9 nitrogen and oxygen atoms in total. The molecule has 0 aliphatic rings. The Labute approximate surface area is 190 Å². The fourth-order valence-corrected chi connectivity index (χ4v) is 4.19. The van der Waals surface area contributed by atoms with E-state index in [4.69, 9.17) is 4.74 Å². The molecule has 0 aromatic heterocycles. The number of hydrogen-bond acceptors (Lipinski definition) is 6. The van der Waals surface area contributed by atoms with E-state index in [1.165, 1.54) is 43.5 Å². The first kappa shape index (κ1) is 23.2. The van der Waals surface area contributed by atoms with Gasteiger partial charge in [-0.2, -0.15) is 0 Å². The van der Waals surface area contributed by atoms with Crippen LogP contribution >= 0.6 is 15.9 Å². The highest BCUT2D eigenvalue weighted by molar-refractivity contribution is 9.10. The zero-order valence-electron chi connectivity index (χ0n) is 16.3. The van der Waals surface area contributed by atoms with E-state index in [0.29, 0.717) is 4.47 Å². The number of amides is 1. The van der Waals surface area contributed by atoms with Gasteiger partial charge in [-0.3, -0.25) is 19.6 Å². The molecule has 0 saturated heterocycles. The highest BCUT2D eigenvalue weighted by Crippen LogP contribution is 2.31. The smallest absolute Gasteiger partial charge is 0.312 e. The van der Waals surface area contributed by atoms with Gasteiger partial charge in [0.05, 0.1) is 33.9 Å². The zero-order chi connectivity index (χ0) is 23.5. The van der Waals surface area contributed by atoms with Crippen LogP contribution in [-0.2, 0) is 10.0 Å². The number of ether oxygens (including phenoxy) is 1. The number of nitrogens with zero attached hydrogens (tertiary/aromatic N) is 1. The van der Waals surface area contributed by atoms with Crippen molar-refractivity contribution in [2.45, 2.75) is 4.90 Å². The maximum atomic E-state index is 13.9. The Bertz CT molecular complexity index is 1320. The first-order valence-electron chi connectivity index (χ1n) is 8.83. The van der Waals surface area contributed by atoms with E-state index in [1.807, 2.05) is 0 Å². The summed E-state index contributed by atoms with van der Waals surface area (Å²) in [5.74, 6) is -1.54. The van der Waals surface area contributed by atoms with Gasteiger partial charge in [-0.05, 0) is 42.5 Å². The molecule has 1 amide bonds. The number of halogens is 2. The average Bonchev–Trinajstić information content (AvgIpc) is 2.75. The summed E-state index contributed by atoms with van der Waals surface area (Å²) < 4.78 is 47.2. The molecule has 0 spiro atoms. The summed E-state index contributed by atoms with van der Waals surface area (Å²) in [6.07, 6.45) is 0. The van der Waals surface area contributed by atoms with Crippen molar-refractivity contribution >= 4 is 48.9 Å². The van der Waals surface area contributed by atoms with Crippen molar-refractivity contribution in [1.29, 1.82) is 0 Å². The SMILES string of the molecule is COc1ccc(S(=O)(=O)Nc2ccc(Br)cc2C(=O)Nc2ccccc2F)cc1[N+](=O)[O-]. The number of carbonyl (C=O) groups excluding carboxylic acids is 1. The van der Waals surface area contributed by atoms with Gasteiger partial charge in [0.1, 0.15) is 5.82 Å². The molecule has 0 unspecified atom stereocenters. The molecule has 0 saturated carbocycles. The summed E-state index contributed by atoms with van der Waals surface area (Å²) in [5.41, 5.74) is -0.838. The molecule has 2 N–H and O–H groups in total. The Morgan fingerprint density at radius 2 is 1.81 bits per heavy atom. The van der Waals surface area contributed by atoms with E-state index in [0.717, 1.165) is 24.3 Å². The lowest BCUT2D eigenvalue weighted by Crippen LogP contribution is -2.19. The van der Waals surface area contributed by atoms with E-state index >= 15 is 0 Å². The topological polar surface area (TPSA) is 128 Å². The minimum Gasteiger partial charge on any atom is -0.490 e. The van der Waals surface area contributed by atoms with Crippen LogP contribution in [0.15, 0.2) is 70.0 Å². The molecule has 0 bridgehead atoms. The minimum atomic E-state index is -4.32. The third kappa shape index (κ3) is 5.03. The Morgan fingerprint density at radius 3 is 2.47 bits per heavy atom. The summed E-state index contributed by atoms with van der Waals surface area (Å²) in [7, 11) is -3.10. The van der Waals surface area contributed by atoms with Gasteiger partial charge in [-0.25, -0.2) is 12.8 Å². The van der Waals surface area contributed by atoms with E-state index in [2.05, 4.69) is 26.0 Å². The fourth-order valence-electron chi connectivity index (χ4n) is 2.73. The quantitative estimate of drug-likeness (QED) is 0.345. The van der Waals surface area contributed by atoms with Crippen LogP contribution in [0.4, 0.5) is 21.5 Å². The molecular weight excluding hydrogens is 509 g/mol. The van der Waals surface area contributed by atoms with Crippen LogP contribution in [0.3, 0.4) is 0 Å². The van der Waals surface area contributed by atoms with Crippen molar-refractivity contribution in [3.63, 3.8) is 0 Å². The molecule has 0 atom stereocenters. The second-order valence-corrected chi connectivity index (χ2v) is 8.92. The molecular formula is C20H15BrFN3O6S. The van der Waals surface area contributed by atoms with Crippen molar-refractivity contribution in [3.8, 4) is 5.75 Å². The lowest BCUT2D eigenvalue weighted by molar-refractivity contribution is -0.386. The van der Waals surface area contributed by atoms with E-state index in [1.54, 1.807) is 0 Å². The van der Waals surface area contributed by atoms with Crippen molar-refractivity contribution in [3.05, 3.63) is 86.6 Å². The van der Waals surface area contributed by atoms with Crippen molar-refractivity contribution in [2.75, 3.05) is 17.1 Å². The number of nitro benzene ring substituents is 1. The molecule has 12 heteroatoms. The van der Waals surface area contributed by atoms with Crippen LogP contribution < -0.4 is 14.8 Å². The third-order valence-corrected chi connectivity index (χ3v) is 6.11. The van der Waals surface area contributed by atoms with E-state index < -0.39 is 37.3 Å². The number of hydrogen-bond donors (Lipinski definition) is 2. The van der Waals surface area contributed by atoms with Gasteiger partial charge in [0.2, 0.25) is 0 Å². The van der Waals surface area contributed by atoms with Gasteiger partial charge < -0.3 is 10.1 Å². The summed E-state index contributed by atoms with van der Waals surface area (Å²) in [6, 6.07) is 12.8. The van der Waals surface area contributed by atoms with Crippen molar-refractivity contribution in [2.24, 2.45) is 0 Å². The number of para-hydroxylation sites is 1. The number of rotatable bonds is 7. The summed E-state index contributed by atoms with van der Waals surface area (Å²) >= 11 is 3.21. The van der Waals surface area contributed by atoms with Gasteiger partial charge in [0.15, 0.2) is 5.75 Å². The van der Waals surface area contributed by atoms with Gasteiger partial charge in [0.25, 0.3) is 15.9 Å². The average molecular weight is 524 g/mol. The molecule has 0 fully saturated rings. The molecule has 0 heterocycles. The zero-order valence-corrected chi connectivity index (χ0v) is 18.7. The lowest BCUT2D eigenvalue weighted by Gasteiger charge is -2.14. The van der Waals surface area contributed by atoms with Gasteiger partial charge in [-0.1, -0.05) is 28.1 Å². The monoisotopic (exact) mass is 523 g/mol. The minimum absolute atomic E-state index is 0.0861. The van der Waals surface area contributed by atoms with E-state index in [-0.39, 0.29) is 22.7 Å². The van der Waals surface area contributed by atoms with Gasteiger partial charge in [0, 0.05) is 10.5 Å². The predicted octanol–water partition coefficient (Wildman–Crippen LogP) is 4.56. The van der Waals surface area contributed by atoms with Crippen molar-refractivity contribution in [1.82, 2.24) is 0 Å². The maximum absolute atomic E-state index is 13.9. The largest absolute Gasteiger partial charge is 0.490 e. The molecule has 0 aliphatic carbocycles. The number of sulfonamides is 1. The maximum Gasteiger partial charge on any atom is 0.312 e. The summed E-state index contributed by atoms with van der Waals surface area (Å²) in [4.78, 5) is 22.8. The summed E-state index contributed by atoms with van der Waals surface area (Å²) in [6.45, 7) is 0. The molecule has 3 aromatic carbocycles. The van der Waals surface area contributed by atoms with Crippen LogP contribution in [-0.4, -0.2) is 26.4 Å². The second kappa shape index (κ2) is 9.32. The number of methoxy groups -OCH3 is 1. The Morgan fingerprint density at radius 1 is 1.09 bits per heavy atom. The van der Waals surface area contributed by atoms with E-state index in [9.17, 15) is 27.7 Å². The van der Waals surface area contributed by atoms with Crippen molar-refractivity contribution < 1.29 is 27.3 Å². The predicted molar refractivity (Wildman–Crippen MR) is 119 cm³/mol. The molecule has 166 valence electrons. The standard InChI is InChI=1S/C20H15BrFN3O6S/c1-31-19-9-7-13(11-18(19)25(27)28)32(29,30)24-16-8-6-12(21)10-14(16)20(26)23-17-5-3-2-4-15(17)22/h2-11,24H,1H3,(H,23,26). The van der Waals surface area contributed by atoms with Crippen LogP contribution in [0, 0.1) is 15.9 Å².